The first-order valence-electron chi connectivity index (χ1n) is 6.86. The summed E-state index contributed by atoms with van der Waals surface area (Å²) in [6, 6.07) is 10.7. The van der Waals surface area contributed by atoms with Crippen molar-refractivity contribution in [2.24, 2.45) is 0 Å². The minimum Gasteiger partial charge on any atom is -0.481 e. The summed E-state index contributed by atoms with van der Waals surface area (Å²) >= 11 is 12.0. The van der Waals surface area contributed by atoms with Crippen LogP contribution in [0.1, 0.15) is 18.1 Å². The summed E-state index contributed by atoms with van der Waals surface area (Å²) in [5.41, 5.74) is 2.48. The minimum atomic E-state index is -0.655. The van der Waals surface area contributed by atoms with E-state index in [1.165, 1.54) is 0 Å². The van der Waals surface area contributed by atoms with Crippen molar-refractivity contribution in [2.45, 2.75) is 26.9 Å². The summed E-state index contributed by atoms with van der Waals surface area (Å²) in [5.74, 6) is 0.363. The molecule has 0 aromatic heterocycles. The van der Waals surface area contributed by atoms with Gasteiger partial charge in [0, 0.05) is 5.02 Å². The van der Waals surface area contributed by atoms with Crippen LogP contribution in [0, 0.1) is 13.8 Å². The summed E-state index contributed by atoms with van der Waals surface area (Å²) in [6.45, 7) is 5.50. The zero-order chi connectivity index (χ0) is 16.3. The Bertz CT molecular complexity index is 701. The molecule has 0 saturated carbocycles. The lowest BCUT2D eigenvalue weighted by Crippen LogP contribution is -2.30. The molecule has 1 atom stereocenters. The van der Waals surface area contributed by atoms with E-state index in [4.69, 9.17) is 27.9 Å². The maximum atomic E-state index is 12.2. The van der Waals surface area contributed by atoms with Gasteiger partial charge in [-0.3, -0.25) is 4.79 Å². The topological polar surface area (TPSA) is 38.3 Å². The van der Waals surface area contributed by atoms with Crippen molar-refractivity contribution < 1.29 is 9.53 Å². The minimum absolute atomic E-state index is 0.264. The normalized spacial score (nSPS) is 11.9. The van der Waals surface area contributed by atoms with Gasteiger partial charge in [0.15, 0.2) is 6.10 Å². The number of ether oxygens (including phenoxy) is 1. The van der Waals surface area contributed by atoms with E-state index in [2.05, 4.69) is 5.32 Å². The SMILES string of the molecule is Cc1ccc(NC(=O)C(C)Oc2ccc(Cl)cc2C)c(Cl)c1. The molecule has 0 aliphatic heterocycles. The van der Waals surface area contributed by atoms with Gasteiger partial charge in [-0.1, -0.05) is 29.3 Å². The van der Waals surface area contributed by atoms with E-state index in [9.17, 15) is 4.79 Å². The molecule has 0 radical (unpaired) electrons. The first-order valence-corrected chi connectivity index (χ1v) is 7.62. The molecule has 116 valence electrons. The highest BCUT2D eigenvalue weighted by Gasteiger charge is 2.17. The standard InChI is InChI=1S/C17H17Cl2NO2/c1-10-4-6-15(14(19)8-10)20-17(21)12(3)22-16-7-5-13(18)9-11(16)2/h4-9,12H,1-3H3,(H,20,21). The smallest absolute Gasteiger partial charge is 0.265 e. The second-order valence-corrected chi connectivity index (χ2v) is 5.99. The van der Waals surface area contributed by atoms with Gasteiger partial charge in [0.1, 0.15) is 5.75 Å². The molecule has 3 nitrogen and oxygen atoms in total. The number of hydrogen-bond donors (Lipinski definition) is 1. The van der Waals surface area contributed by atoms with Crippen molar-refractivity contribution >= 4 is 34.8 Å². The third-order valence-corrected chi connectivity index (χ3v) is 3.74. The molecule has 0 aliphatic rings. The first kappa shape index (κ1) is 16.7. The van der Waals surface area contributed by atoms with Crippen molar-refractivity contribution in [1.82, 2.24) is 0 Å². The van der Waals surface area contributed by atoms with Crippen LogP contribution in [0.2, 0.25) is 10.0 Å². The van der Waals surface area contributed by atoms with Crippen LogP contribution in [0.3, 0.4) is 0 Å². The van der Waals surface area contributed by atoms with Gasteiger partial charge < -0.3 is 10.1 Å². The number of carbonyl (C=O) groups excluding carboxylic acids is 1. The van der Waals surface area contributed by atoms with Gasteiger partial charge in [-0.2, -0.15) is 0 Å². The monoisotopic (exact) mass is 337 g/mol. The zero-order valence-corrected chi connectivity index (χ0v) is 14.1. The number of amides is 1. The Balaban J connectivity index is 2.05. The molecule has 2 aromatic carbocycles. The predicted molar refractivity (Wildman–Crippen MR) is 91.1 cm³/mol. The fraction of sp³-hybridized carbons (Fsp3) is 0.235. The average Bonchev–Trinajstić information content (AvgIpc) is 2.44. The number of halogens is 2. The Morgan fingerprint density at radius 1 is 1.14 bits per heavy atom. The number of hydrogen-bond acceptors (Lipinski definition) is 2. The van der Waals surface area contributed by atoms with Gasteiger partial charge in [0.25, 0.3) is 5.91 Å². The quantitative estimate of drug-likeness (QED) is 0.850. The van der Waals surface area contributed by atoms with Crippen molar-refractivity contribution in [3.05, 3.63) is 57.6 Å². The van der Waals surface area contributed by atoms with Crippen LogP contribution in [0.4, 0.5) is 5.69 Å². The van der Waals surface area contributed by atoms with Crippen LogP contribution < -0.4 is 10.1 Å². The molecule has 0 heterocycles. The third-order valence-electron chi connectivity index (χ3n) is 3.19. The van der Waals surface area contributed by atoms with E-state index in [1.807, 2.05) is 19.9 Å². The highest BCUT2D eigenvalue weighted by molar-refractivity contribution is 6.33. The van der Waals surface area contributed by atoms with E-state index in [1.54, 1.807) is 37.3 Å². The largest absolute Gasteiger partial charge is 0.481 e. The molecule has 0 aliphatic carbocycles. The molecular formula is C17H17Cl2NO2. The molecule has 1 unspecified atom stereocenters. The average molecular weight is 338 g/mol. The fourth-order valence-corrected chi connectivity index (χ4v) is 2.45. The van der Waals surface area contributed by atoms with Crippen molar-refractivity contribution in [3.63, 3.8) is 0 Å². The summed E-state index contributed by atoms with van der Waals surface area (Å²) in [4.78, 5) is 12.2. The van der Waals surface area contributed by atoms with Gasteiger partial charge in [0.2, 0.25) is 0 Å². The summed E-state index contributed by atoms with van der Waals surface area (Å²) in [5, 5.41) is 3.90. The van der Waals surface area contributed by atoms with Gasteiger partial charge in [-0.05, 0) is 62.2 Å². The second-order valence-electron chi connectivity index (χ2n) is 5.14. The van der Waals surface area contributed by atoms with Gasteiger partial charge in [-0.25, -0.2) is 0 Å². The number of aryl methyl sites for hydroxylation is 2. The zero-order valence-electron chi connectivity index (χ0n) is 12.6. The van der Waals surface area contributed by atoms with Gasteiger partial charge in [0.05, 0.1) is 10.7 Å². The van der Waals surface area contributed by atoms with Crippen molar-refractivity contribution in [3.8, 4) is 5.75 Å². The molecule has 5 heteroatoms. The van der Waals surface area contributed by atoms with Crippen LogP contribution in [-0.2, 0) is 4.79 Å². The second kappa shape index (κ2) is 7.03. The fourth-order valence-electron chi connectivity index (χ4n) is 1.94. The Morgan fingerprint density at radius 2 is 1.86 bits per heavy atom. The van der Waals surface area contributed by atoms with Crippen molar-refractivity contribution in [2.75, 3.05) is 5.32 Å². The van der Waals surface area contributed by atoms with E-state index in [0.717, 1.165) is 11.1 Å². The van der Waals surface area contributed by atoms with E-state index in [0.29, 0.717) is 21.5 Å². The lowest BCUT2D eigenvalue weighted by Gasteiger charge is -2.17. The van der Waals surface area contributed by atoms with E-state index >= 15 is 0 Å². The third kappa shape index (κ3) is 4.15. The Hall–Kier alpha value is -1.71. The van der Waals surface area contributed by atoms with Crippen molar-refractivity contribution in [1.29, 1.82) is 0 Å². The Morgan fingerprint density at radius 3 is 2.50 bits per heavy atom. The molecule has 2 aromatic rings. The Kier molecular flexibility index (Phi) is 5.33. The van der Waals surface area contributed by atoms with E-state index in [-0.39, 0.29) is 5.91 Å². The molecule has 0 fully saturated rings. The molecule has 1 N–H and O–H groups in total. The number of rotatable bonds is 4. The lowest BCUT2D eigenvalue weighted by molar-refractivity contribution is -0.122. The number of nitrogens with one attached hydrogen (secondary N) is 1. The highest BCUT2D eigenvalue weighted by atomic mass is 35.5. The van der Waals surface area contributed by atoms with Gasteiger partial charge >= 0.3 is 0 Å². The molecule has 0 saturated heterocycles. The summed E-state index contributed by atoms with van der Waals surface area (Å²) in [6.07, 6.45) is -0.655. The number of anilines is 1. The molecule has 2 rings (SSSR count). The van der Waals surface area contributed by atoms with Crippen LogP contribution in [-0.4, -0.2) is 12.0 Å². The maximum absolute atomic E-state index is 12.2. The number of benzene rings is 2. The molecular weight excluding hydrogens is 321 g/mol. The first-order chi connectivity index (χ1) is 10.4. The van der Waals surface area contributed by atoms with Crippen LogP contribution in [0.25, 0.3) is 0 Å². The maximum Gasteiger partial charge on any atom is 0.265 e. The molecule has 0 bridgehead atoms. The summed E-state index contributed by atoms with van der Waals surface area (Å²) in [7, 11) is 0. The van der Waals surface area contributed by atoms with Crippen LogP contribution in [0.15, 0.2) is 36.4 Å². The molecule has 22 heavy (non-hydrogen) atoms. The molecule has 1 amide bonds. The lowest BCUT2D eigenvalue weighted by atomic mass is 10.2. The van der Waals surface area contributed by atoms with Crippen LogP contribution >= 0.6 is 23.2 Å². The number of carbonyl (C=O) groups is 1. The van der Waals surface area contributed by atoms with Gasteiger partial charge in [-0.15, -0.1) is 0 Å². The summed E-state index contributed by atoms with van der Waals surface area (Å²) < 4.78 is 5.68. The van der Waals surface area contributed by atoms with Crippen LogP contribution in [0.5, 0.6) is 5.75 Å². The predicted octanol–water partition coefficient (Wildman–Crippen LogP) is 5.02. The Labute approximate surface area is 140 Å². The van der Waals surface area contributed by atoms with E-state index < -0.39 is 6.10 Å². The molecule has 0 spiro atoms. The highest BCUT2D eigenvalue weighted by Crippen LogP contribution is 2.25.